The summed E-state index contributed by atoms with van der Waals surface area (Å²) in [4.78, 5) is 12.5. The Morgan fingerprint density at radius 2 is 1.85 bits per heavy atom. The molecular formula is C21H17ClN4O. The largest absolute Gasteiger partial charge is 0.321 e. The lowest BCUT2D eigenvalue weighted by Gasteiger charge is -2.07. The van der Waals surface area contributed by atoms with Crippen molar-refractivity contribution in [3.63, 3.8) is 0 Å². The highest BCUT2D eigenvalue weighted by Gasteiger charge is 2.12. The van der Waals surface area contributed by atoms with Crippen LogP contribution in [0, 0.1) is 6.92 Å². The molecule has 0 radical (unpaired) electrons. The molecular weight excluding hydrogens is 360 g/mol. The minimum atomic E-state index is -0.238. The molecule has 1 heterocycles. The zero-order chi connectivity index (χ0) is 18.8. The van der Waals surface area contributed by atoms with Crippen molar-refractivity contribution >= 4 is 34.2 Å². The van der Waals surface area contributed by atoms with E-state index in [0.29, 0.717) is 28.3 Å². The Morgan fingerprint density at radius 3 is 2.63 bits per heavy atom. The maximum atomic E-state index is 12.5. The Bertz CT molecular complexity index is 1120. The fraction of sp³-hybridized carbons (Fsp3) is 0.0952. The minimum absolute atomic E-state index is 0.238. The van der Waals surface area contributed by atoms with E-state index in [0.717, 1.165) is 11.1 Å². The molecule has 1 N–H and O–H groups in total. The number of amides is 1. The average molecular weight is 377 g/mol. The van der Waals surface area contributed by atoms with Crippen molar-refractivity contribution in [1.82, 2.24) is 15.0 Å². The SMILES string of the molecule is Cc1ccc(Cn2nnc3cc(C(=O)Nc4ccccc4Cl)ccc32)cc1. The molecule has 1 aromatic heterocycles. The first-order valence-electron chi connectivity index (χ1n) is 8.55. The topological polar surface area (TPSA) is 59.8 Å². The molecule has 4 aromatic rings. The van der Waals surface area contributed by atoms with Crippen LogP contribution in [0.3, 0.4) is 0 Å². The van der Waals surface area contributed by atoms with Gasteiger partial charge in [-0.25, -0.2) is 4.68 Å². The van der Waals surface area contributed by atoms with E-state index in [1.807, 2.05) is 22.9 Å². The normalized spacial score (nSPS) is 10.9. The molecule has 3 aromatic carbocycles. The molecule has 5 nitrogen and oxygen atoms in total. The Hall–Kier alpha value is -3.18. The predicted molar refractivity (Wildman–Crippen MR) is 107 cm³/mol. The van der Waals surface area contributed by atoms with E-state index in [1.165, 1.54) is 5.56 Å². The number of hydrogen-bond donors (Lipinski definition) is 1. The second kappa shape index (κ2) is 7.21. The van der Waals surface area contributed by atoms with E-state index in [2.05, 4.69) is 46.8 Å². The summed E-state index contributed by atoms with van der Waals surface area (Å²) in [6, 6.07) is 20.8. The van der Waals surface area contributed by atoms with Crippen LogP contribution in [-0.4, -0.2) is 20.9 Å². The second-order valence-corrected chi connectivity index (χ2v) is 6.78. The van der Waals surface area contributed by atoms with Crippen molar-refractivity contribution in [1.29, 1.82) is 0 Å². The van der Waals surface area contributed by atoms with E-state index in [4.69, 9.17) is 11.6 Å². The van der Waals surface area contributed by atoms with E-state index < -0.39 is 0 Å². The van der Waals surface area contributed by atoms with Gasteiger partial charge in [0.1, 0.15) is 5.52 Å². The van der Waals surface area contributed by atoms with Crippen LogP contribution in [0.15, 0.2) is 66.7 Å². The van der Waals surface area contributed by atoms with Gasteiger partial charge in [0.05, 0.1) is 22.8 Å². The van der Waals surface area contributed by atoms with Crippen LogP contribution in [0.1, 0.15) is 21.5 Å². The monoisotopic (exact) mass is 376 g/mol. The quantitative estimate of drug-likeness (QED) is 0.562. The standard InChI is InChI=1S/C21H17ClN4O/c1-14-6-8-15(9-7-14)13-26-20-11-10-16(12-19(20)24-25-26)21(27)23-18-5-3-2-4-17(18)22/h2-12H,13H2,1H3,(H,23,27). The van der Waals surface area contributed by atoms with Gasteiger partial charge in [0.25, 0.3) is 5.91 Å². The molecule has 4 rings (SSSR count). The Balaban J connectivity index is 1.57. The number of benzene rings is 3. The zero-order valence-corrected chi connectivity index (χ0v) is 15.4. The number of aromatic nitrogens is 3. The molecule has 0 saturated carbocycles. The van der Waals surface area contributed by atoms with Crippen LogP contribution in [0.4, 0.5) is 5.69 Å². The molecule has 0 spiro atoms. The van der Waals surface area contributed by atoms with Gasteiger partial charge in [-0.2, -0.15) is 0 Å². The predicted octanol–water partition coefficient (Wildman–Crippen LogP) is 4.69. The summed E-state index contributed by atoms with van der Waals surface area (Å²) in [5.41, 5.74) is 5.00. The summed E-state index contributed by atoms with van der Waals surface area (Å²) in [5, 5.41) is 11.7. The van der Waals surface area contributed by atoms with Gasteiger partial charge in [-0.05, 0) is 42.8 Å². The van der Waals surface area contributed by atoms with Crippen LogP contribution in [0.5, 0.6) is 0 Å². The summed E-state index contributed by atoms with van der Waals surface area (Å²) in [5.74, 6) is -0.238. The molecule has 1 amide bonds. The molecule has 0 unspecified atom stereocenters. The highest BCUT2D eigenvalue weighted by atomic mass is 35.5. The molecule has 0 atom stereocenters. The van der Waals surface area contributed by atoms with Crippen LogP contribution < -0.4 is 5.32 Å². The van der Waals surface area contributed by atoms with Gasteiger partial charge in [0.15, 0.2) is 0 Å². The van der Waals surface area contributed by atoms with Gasteiger partial charge in [-0.1, -0.05) is 58.8 Å². The van der Waals surface area contributed by atoms with Gasteiger partial charge in [0, 0.05) is 5.56 Å². The van der Waals surface area contributed by atoms with Gasteiger partial charge < -0.3 is 5.32 Å². The molecule has 0 saturated heterocycles. The number of hydrogen-bond acceptors (Lipinski definition) is 3. The highest BCUT2D eigenvalue weighted by Crippen LogP contribution is 2.22. The first-order valence-corrected chi connectivity index (χ1v) is 8.92. The van der Waals surface area contributed by atoms with Crippen LogP contribution in [-0.2, 0) is 6.54 Å². The Morgan fingerprint density at radius 1 is 1.07 bits per heavy atom. The molecule has 0 aliphatic rings. The number of nitrogens with zero attached hydrogens (tertiary/aromatic N) is 3. The number of carbonyl (C=O) groups excluding carboxylic acids is 1. The number of nitrogens with one attached hydrogen (secondary N) is 1. The number of carbonyl (C=O) groups is 1. The molecule has 0 aliphatic carbocycles. The van der Waals surface area contributed by atoms with Gasteiger partial charge >= 0.3 is 0 Å². The number of rotatable bonds is 4. The fourth-order valence-corrected chi connectivity index (χ4v) is 3.04. The lowest BCUT2D eigenvalue weighted by Crippen LogP contribution is -2.12. The van der Waals surface area contributed by atoms with Gasteiger partial charge in [0.2, 0.25) is 0 Å². The number of anilines is 1. The summed E-state index contributed by atoms with van der Waals surface area (Å²) in [6.45, 7) is 2.69. The van der Waals surface area contributed by atoms with Crippen LogP contribution in [0.25, 0.3) is 11.0 Å². The Kier molecular flexibility index (Phi) is 4.60. The summed E-state index contributed by atoms with van der Waals surface area (Å²) in [6.07, 6.45) is 0. The van der Waals surface area contributed by atoms with Gasteiger partial charge in [-0.3, -0.25) is 4.79 Å². The van der Waals surface area contributed by atoms with Crippen LogP contribution in [0.2, 0.25) is 5.02 Å². The lowest BCUT2D eigenvalue weighted by atomic mass is 10.1. The van der Waals surface area contributed by atoms with E-state index in [1.54, 1.807) is 24.3 Å². The van der Waals surface area contributed by atoms with E-state index in [9.17, 15) is 4.79 Å². The molecule has 6 heteroatoms. The third-order valence-electron chi connectivity index (χ3n) is 4.35. The summed E-state index contributed by atoms with van der Waals surface area (Å²) in [7, 11) is 0. The third-order valence-corrected chi connectivity index (χ3v) is 4.68. The van der Waals surface area contributed by atoms with Crippen molar-refractivity contribution in [2.75, 3.05) is 5.32 Å². The van der Waals surface area contributed by atoms with E-state index in [-0.39, 0.29) is 5.91 Å². The van der Waals surface area contributed by atoms with Crippen LogP contribution >= 0.6 is 11.6 Å². The van der Waals surface area contributed by atoms with Crippen molar-refractivity contribution < 1.29 is 4.79 Å². The fourth-order valence-electron chi connectivity index (χ4n) is 2.85. The Labute approximate surface area is 161 Å². The number of aryl methyl sites for hydroxylation is 1. The highest BCUT2D eigenvalue weighted by molar-refractivity contribution is 6.33. The molecule has 27 heavy (non-hydrogen) atoms. The van der Waals surface area contributed by atoms with Crippen molar-refractivity contribution in [3.05, 3.63) is 88.4 Å². The smallest absolute Gasteiger partial charge is 0.255 e. The third kappa shape index (κ3) is 3.68. The average Bonchev–Trinajstić information content (AvgIpc) is 3.07. The summed E-state index contributed by atoms with van der Waals surface area (Å²) >= 11 is 6.10. The first kappa shape index (κ1) is 17.2. The summed E-state index contributed by atoms with van der Waals surface area (Å²) < 4.78 is 1.83. The molecule has 0 fully saturated rings. The van der Waals surface area contributed by atoms with Crippen molar-refractivity contribution in [2.45, 2.75) is 13.5 Å². The molecule has 134 valence electrons. The minimum Gasteiger partial charge on any atom is -0.321 e. The second-order valence-electron chi connectivity index (χ2n) is 6.37. The van der Waals surface area contributed by atoms with Gasteiger partial charge in [-0.15, -0.1) is 5.10 Å². The van der Waals surface area contributed by atoms with E-state index >= 15 is 0 Å². The number of halogens is 1. The maximum Gasteiger partial charge on any atom is 0.255 e. The lowest BCUT2D eigenvalue weighted by molar-refractivity contribution is 0.102. The molecule has 0 bridgehead atoms. The van der Waals surface area contributed by atoms with Crippen molar-refractivity contribution in [2.24, 2.45) is 0 Å². The maximum absolute atomic E-state index is 12.5. The number of para-hydroxylation sites is 1. The molecule has 0 aliphatic heterocycles. The first-order chi connectivity index (χ1) is 13.1. The zero-order valence-electron chi connectivity index (χ0n) is 14.7. The number of fused-ring (bicyclic) bond motifs is 1. The van der Waals surface area contributed by atoms with Crippen molar-refractivity contribution in [3.8, 4) is 0 Å².